The Morgan fingerprint density at radius 3 is 2.45 bits per heavy atom. The molecular weight excluding hydrogens is 517 g/mol. The second-order valence-corrected chi connectivity index (χ2v) is 14.3. The van der Waals surface area contributed by atoms with Crippen molar-refractivity contribution in [2.45, 2.75) is 63.9 Å². The van der Waals surface area contributed by atoms with Crippen molar-refractivity contribution in [1.29, 1.82) is 0 Å². The van der Waals surface area contributed by atoms with Gasteiger partial charge < -0.3 is 15.5 Å². The number of likely N-dealkylation sites (tertiary alicyclic amines) is 1. The van der Waals surface area contributed by atoms with Gasteiger partial charge >= 0.3 is 0 Å². The molecule has 5 nitrogen and oxygen atoms in total. The first-order valence-corrected chi connectivity index (χ1v) is 15.0. The normalized spacial score (nSPS) is 16.0. The van der Waals surface area contributed by atoms with Crippen molar-refractivity contribution in [3.8, 4) is 0 Å². The van der Waals surface area contributed by atoms with Crippen molar-refractivity contribution >= 4 is 50.6 Å². The summed E-state index contributed by atoms with van der Waals surface area (Å²) < 4.78 is 15.2. The van der Waals surface area contributed by atoms with Crippen LogP contribution in [0.5, 0.6) is 0 Å². The summed E-state index contributed by atoms with van der Waals surface area (Å²) in [6, 6.07) is 11.4. The van der Waals surface area contributed by atoms with Gasteiger partial charge in [0.25, 0.3) is 0 Å². The van der Waals surface area contributed by atoms with Crippen molar-refractivity contribution in [3.63, 3.8) is 0 Å². The maximum atomic E-state index is 15.0. The molecule has 1 unspecified atom stereocenters. The molecular formula is C30H39ClFN5S. The van der Waals surface area contributed by atoms with E-state index in [0.717, 1.165) is 59.1 Å². The molecule has 4 rings (SSSR count). The molecule has 0 saturated carbocycles. The van der Waals surface area contributed by atoms with E-state index in [9.17, 15) is 0 Å². The van der Waals surface area contributed by atoms with E-state index in [4.69, 9.17) is 11.6 Å². The molecule has 1 aromatic heterocycles. The molecule has 1 saturated heterocycles. The number of nitrogens with one attached hydrogen (secondary N) is 2. The van der Waals surface area contributed by atoms with Gasteiger partial charge in [-0.3, -0.25) is 0 Å². The molecule has 3 aromatic rings. The summed E-state index contributed by atoms with van der Waals surface area (Å²) in [5, 5.41) is 9.65. The van der Waals surface area contributed by atoms with Crippen molar-refractivity contribution < 1.29 is 4.39 Å². The average Bonchev–Trinajstić information content (AvgIpc) is 2.86. The highest BCUT2D eigenvalue weighted by atomic mass is 35.5. The van der Waals surface area contributed by atoms with Crippen LogP contribution in [0.4, 0.5) is 27.5 Å². The molecule has 0 amide bonds. The van der Waals surface area contributed by atoms with E-state index in [1.807, 2.05) is 31.2 Å². The number of benzene rings is 2. The van der Waals surface area contributed by atoms with Gasteiger partial charge in [0.15, 0.2) is 0 Å². The number of piperidine rings is 1. The highest BCUT2D eigenvalue weighted by Crippen LogP contribution is 2.37. The number of rotatable bonds is 7. The summed E-state index contributed by atoms with van der Waals surface area (Å²) in [4.78, 5) is 11.4. The molecule has 1 aliphatic heterocycles. The Labute approximate surface area is 234 Å². The molecule has 38 heavy (non-hydrogen) atoms. The van der Waals surface area contributed by atoms with Gasteiger partial charge in [-0.05, 0) is 94.2 Å². The lowest BCUT2D eigenvalue weighted by Gasteiger charge is -2.29. The van der Waals surface area contributed by atoms with E-state index >= 15 is 4.39 Å². The van der Waals surface area contributed by atoms with Gasteiger partial charge in [0.1, 0.15) is 11.6 Å². The predicted molar refractivity (Wildman–Crippen MR) is 163 cm³/mol. The minimum absolute atomic E-state index is 0.0917. The van der Waals surface area contributed by atoms with Crippen molar-refractivity contribution in [1.82, 2.24) is 14.9 Å². The molecule has 1 atom stereocenters. The number of nitrogens with zero attached hydrogens (tertiary/aromatic N) is 3. The number of halogens is 2. The largest absolute Gasteiger partial charge is 0.340 e. The Hall–Kier alpha value is -2.48. The van der Waals surface area contributed by atoms with Crippen LogP contribution in [0.15, 0.2) is 42.6 Å². The summed E-state index contributed by atoms with van der Waals surface area (Å²) in [6.45, 7) is 12.9. The van der Waals surface area contributed by atoms with Crippen LogP contribution in [-0.2, 0) is 5.75 Å². The second kappa shape index (κ2) is 12.1. The highest BCUT2D eigenvalue weighted by Gasteiger charge is 2.21. The summed E-state index contributed by atoms with van der Waals surface area (Å²) in [7, 11) is 2.21. The van der Waals surface area contributed by atoms with Crippen LogP contribution in [0.3, 0.4) is 0 Å². The van der Waals surface area contributed by atoms with Crippen LogP contribution in [0.25, 0.3) is 0 Å². The third kappa shape index (κ3) is 7.13. The SMILES string of the molecule is C/C=S(\Cc1cc(Nc2nc(Nc3ccc(C4CCN(C)CC4)c(F)c3)ncc2C)ccc1Cl)C(C)(C)C. The fourth-order valence-electron chi connectivity index (χ4n) is 4.73. The van der Waals surface area contributed by atoms with E-state index in [2.05, 4.69) is 71.7 Å². The minimum Gasteiger partial charge on any atom is -0.340 e. The van der Waals surface area contributed by atoms with Gasteiger partial charge in [0.05, 0.1) is 0 Å². The van der Waals surface area contributed by atoms with Crippen LogP contribution >= 0.6 is 22.1 Å². The van der Waals surface area contributed by atoms with Gasteiger partial charge in [-0.1, -0.05) is 43.8 Å². The van der Waals surface area contributed by atoms with E-state index < -0.39 is 0 Å². The molecule has 204 valence electrons. The lowest BCUT2D eigenvalue weighted by molar-refractivity contribution is 0.253. The predicted octanol–water partition coefficient (Wildman–Crippen LogP) is 8.26. The maximum Gasteiger partial charge on any atom is 0.229 e. The molecule has 0 bridgehead atoms. The lowest BCUT2D eigenvalue weighted by atomic mass is 9.89. The number of aryl methyl sites for hydroxylation is 1. The van der Waals surface area contributed by atoms with Crippen molar-refractivity contribution in [3.05, 3.63) is 70.1 Å². The van der Waals surface area contributed by atoms with E-state index in [0.29, 0.717) is 17.5 Å². The third-order valence-corrected chi connectivity index (χ3v) is 10.2. The first-order chi connectivity index (χ1) is 18.0. The molecule has 0 radical (unpaired) electrons. The summed E-state index contributed by atoms with van der Waals surface area (Å²) in [5.41, 5.74) is 4.36. The molecule has 1 fully saturated rings. The molecule has 2 heterocycles. The van der Waals surface area contributed by atoms with Crippen LogP contribution in [0.1, 0.15) is 63.1 Å². The number of hydrogen-bond donors (Lipinski definition) is 2. The first-order valence-electron chi connectivity index (χ1n) is 13.2. The molecule has 1 aliphatic rings. The van der Waals surface area contributed by atoms with Gasteiger partial charge in [-0.2, -0.15) is 15.5 Å². The van der Waals surface area contributed by atoms with Gasteiger partial charge in [-0.15, -0.1) is 0 Å². The summed E-state index contributed by atoms with van der Waals surface area (Å²) in [5.74, 6) is 2.08. The first kappa shape index (κ1) is 28.5. The Bertz CT molecular complexity index is 1310. The zero-order valence-electron chi connectivity index (χ0n) is 23.2. The van der Waals surface area contributed by atoms with Gasteiger partial charge in [0, 0.05) is 38.7 Å². The molecule has 0 aliphatic carbocycles. The zero-order valence-corrected chi connectivity index (χ0v) is 24.8. The topological polar surface area (TPSA) is 53.1 Å². The van der Waals surface area contributed by atoms with E-state index in [1.54, 1.807) is 12.3 Å². The Kier molecular flexibility index (Phi) is 9.11. The molecule has 2 aromatic carbocycles. The summed E-state index contributed by atoms with van der Waals surface area (Å²) in [6.07, 6.45) is 3.73. The average molecular weight is 556 g/mol. The van der Waals surface area contributed by atoms with Crippen LogP contribution < -0.4 is 10.6 Å². The highest BCUT2D eigenvalue weighted by molar-refractivity contribution is 8.15. The Morgan fingerprint density at radius 2 is 1.79 bits per heavy atom. The standard InChI is InChI=1S/C30H39ClFN5S/c1-7-38(30(3,4)5)19-22-16-23(9-11-26(22)31)34-28-20(2)18-33-29(36-28)35-24-8-10-25(27(32)17-24)21-12-14-37(6)15-13-21/h7-11,16-18,21H,12-15,19H2,1-6H3,(H2,33,34,35,36). The minimum atomic E-state index is -0.178. The maximum absolute atomic E-state index is 15.0. The van der Waals surface area contributed by atoms with E-state index in [1.165, 1.54) is 0 Å². The van der Waals surface area contributed by atoms with Gasteiger partial charge in [-0.25, -0.2) is 9.37 Å². The van der Waals surface area contributed by atoms with Crippen LogP contribution in [-0.4, -0.2) is 45.1 Å². The Morgan fingerprint density at radius 1 is 1.11 bits per heavy atom. The molecule has 0 spiro atoms. The quantitative estimate of drug-likeness (QED) is 0.287. The number of anilines is 4. The van der Waals surface area contributed by atoms with Crippen molar-refractivity contribution in [2.24, 2.45) is 0 Å². The van der Waals surface area contributed by atoms with Gasteiger partial charge in [0.2, 0.25) is 5.95 Å². The number of aromatic nitrogens is 2. The Balaban J connectivity index is 1.50. The zero-order chi connectivity index (χ0) is 27.4. The lowest BCUT2D eigenvalue weighted by Crippen LogP contribution is -2.29. The third-order valence-electron chi connectivity index (χ3n) is 7.08. The van der Waals surface area contributed by atoms with Crippen LogP contribution in [0.2, 0.25) is 5.02 Å². The monoisotopic (exact) mass is 555 g/mol. The molecule has 8 heteroatoms. The smallest absolute Gasteiger partial charge is 0.229 e. The molecule has 2 N–H and O–H groups in total. The fraction of sp³-hybridized carbons (Fsp3) is 0.433. The fourth-order valence-corrected chi connectivity index (χ4v) is 6.88. The van der Waals surface area contributed by atoms with Crippen LogP contribution in [0, 0.1) is 12.7 Å². The second-order valence-electron chi connectivity index (χ2n) is 11.0. The van der Waals surface area contributed by atoms with E-state index in [-0.39, 0.29) is 27.0 Å². The summed E-state index contributed by atoms with van der Waals surface area (Å²) >= 11 is 6.57. The number of hydrogen-bond acceptors (Lipinski definition) is 5. The van der Waals surface area contributed by atoms with Crippen molar-refractivity contribution in [2.75, 3.05) is 30.8 Å².